The summed E-state index contributed by atoms with van der Waals surface area (Å²) in [6.45, 7) is 4.62. The van der Waals surface area contributed by atoms with E-state index in [4.69, 9.17) is 4.74 Å². The molecular weight excluding hydrogens is 359 g/mol. The number of ether oxygens (including phenoxy) is 1. The first-order chi connectivity index (χ1) is 12.7. The monoisotopic (exact) mass is 379 g/mol. The van der Waals surface area contributed by atoms with Gasteiger partial charge in [0.15, 0.2) is 0 Å². The number of carbonyl (C=O) groups excluding carboxylic acids is 1. The molecule has 0 saturated carbocycles. The van der Waals surface area contributed by atoms with Crippen LogP contribution in [0.25, 0.3) is 0 Å². The molecule has 0 spiro atoms. The van der Waals surface area contributed by atoms with Crippen molar-refractivity contribution < 1.29 is 22.7 Å². The Labute approximate surface area is 155 Å². The van der Waals surface area contributed by atoms with Crippen molar-refractivity contribution in [2.75, 3.05) is 13.1 Å². The number of rotatable bonds is 4. The zero-order chi connectivity index (χ0) is 19.6. The Bertz CT molecular complexity index is 802. The van der Waals surface area contributed by atoms with E-state index in [0.717, 1.165) is 17.8 Å². The zero-order valence-electron chi connectivity index (χ0n) is 15.1. The molecule has 1 aliphatic rings. The molecule has 0 aliphatic carbocycles. The molecule has 1 aromatic carbocycles. The summed E-state index contributed by atoms with van der Waals surface area (Å²) >= 11 is 0. The molecule has 1 atom stereocenters. The standard InChI is InChI=1S/C19H20F3N3O2/c1-12-9-17(24-13(2)23-12)27-16-7-8-25(11-16)18(26)10-14-3-5-15(6-4-14)19(20,21)22/h3-6,9,16H,7-8,10-11H2,1-2H3. The van der Waals surface area contributed by atoms with Crippen LogP contribution in [0.15, 0.2) is 30.3 Å². The number of aryl methyl sites for hydroxylation is 2. The van der Waals surface area contributed by atoms with Crippen LogP contribution < -0.4 is 4.74 Å². The molecule has 2 aromatic rings. The fraction of sp³-hybridized carbons (Fsp3) is 0.421. The van der Waals surface area contributed by atoms with Gasteiger partial charge >= 0.3 is 6.18 Å². The fourth-order valence-corrected chi connectivity index (χ4v) is 3.06. The minimum atomic E-state index is -4.38. The van der Waals surface area contributed by atoms with E-state index < -0.39 is 11.7 Å². The molecule has 5 nitrogen and oxygen atoms in total. The molecule has 27 heavy (non-hydrogen) atoms. The zero-order valence-corrected chi connectivity index (χ0v) is 15.1. The summed E-state index contributed by atoms with van der Waals surface area (Å²) in [5.74, 6) is 0.983. The lowest BCUT2D eigenvalue weighted by atomic mass is 10.1. The molecule has 8 heteroatoms. The molecule has 2 heterocycles. The molecule has 1 unspecified atom stereocenters. The summed E-state index contributed by atoms with van der Waals surface area (Å²) in [6.07, 6.45) is -3.78. The molecule has 0 radical (unpaired) electrons. The highest BCUT2D eigenvalue weighted by molar-refractivity contribution is 5.79. The average Bonchev–Trinajstić information content (AvgIpc) is 3.02. The Morgan fingerprint density at radius 1 is 1.22 bits per heavy atom. The number of hydrogen-bond donors (Lipinski definition) is 0. The van der Waals surface area contributed by atoms with Crippen LogP contribution in [-0.2, 0) is 17.4 Å². The third-order valence-electron chi connectivity index (χ3n) is 4.36. The van der Waals surface area contributed by atoms with Crippen molar-refractivity contribution in [1.82, 2.24) is 14.9 Å². The third-order valence-corrected chi connectivity index (χ3v) is 4.36. The number of amides is 1. The first-order valence-corrected chi connectivity index (χ1v) is 8.63. The topological polar surface area (TPSA) is 55.3 Å². The van der Waals surface area contributed by atoms with Gasteiger partial charge in [-0.2, -0.15) is 18.2 Å². The van der Waals surface area contributed by atoms with Gasteiger partial charge in [0.1, 0.15) is 11.9 Å². The van der Waals surface area contributed by atoms with Gasteiger partial charge in [0.05, 0.1) is 18.5 Å². The van der Waals surface area contributed by atoms with Crippen molar-refractivity contribution in [3.05, 3.63) is 53.0 Å². The van der Waals surface area contributed by atoms with Gasteiger partial charge in [0, 0.05) is 24.7 Å². The Balaban J connectivity index is 1.56. The second-order valence-electron chi connectivity index (χ2n) is 6.63. The van der Waals surface area contributed by atoms with E-state index in [-0.39, 0.29) is 18.4 Å². The van der Waals surface area contributed by atoms with E-state index in [1.165, 1.54) is 12.1 Å². The first kappa shape index (κ1) is 19.1. The third kappa shape index (κ3) is 4.96. The van der Waals surface area contributed by atoms with Crippen LogP contribution in [0.5, 0.6) is 5.88 Å². The van der Waals surface area contributed by atoms with Gasteiger partial charge in [-0.05, 0) is 31.5 Å². The van der Waals surface area contributed by atoms with Crippen LogP contribution >= 0.6 is 0 Å². The number of aromatic nitrogens is 2. The number of halogens is 3. The van der Waals surface area contributed by atoms with Crippen LogP contribution in [0, 0.1) is 13.8 Å². The number of likely N-dealkylation sites (tertiary alicyclic amines) is 1. The van der Waals surface area contributed by atoms with E-state index in [1.54, 1.807) is 17.9 Å². The summed E-state index contributed by atoms with van der Waals surface area (Å²) in [4.78, 5) is 22.5. The van der Waals surface area contributed by atoms with Gasteiger partial charge in [-0.25, -0.2) is 4.98 Å². The van der Waals surface area contributed by atoms with Gasteiger partial charge in [-0.3, -0.25) is 4.79 Å². The van der Waals surface area contributed by atoms with Gasteiger partial charge < -0.3 is 9.64 Å². The summed E-state index contributed by atoms with van der Waals surface area (Å²) in [7, 11) is 0. The van der Waals surface area contributed by atoms with Crippen LogP contribution in [0.4, 0.5) is 13.2 Å². The number of hydrogen-bond acceptors (Lipinski definition) is 4. The smallest absolute Gasteiger partial charge is 0.416 e. The number of carbonyl (C=O) groups is 1. The Morgan fingerprint density at radius 3 is 2.56 bits per heavy atom. The lowest BCUT2D eigenvalue weighted by molar-refractivity contribution is -0.137. The molecule has 1 fully saturated rings. The van der Waals surface area contributed by atoms with Crippen molar-refractivity contribution >= 4 is 5.91 Å². The molecule has 1 amide bonds. The molecule has 1 aliphatic heterocycles. The normalized spacial score (nSPS) is 17.2. The molecule has 144 valence electrons. The van der Waals surface area contributed by atoms with E-state index in [1.807, 2.05) is 6.92 Å². The molecular formula is C19H20F3N3O2. The van der Waals surface area contributed by atoms with Crippen molar-refractivity contribution in [2.45, 2.75) is 39.0 Å². The minimum absolute atomic E-state index is 0.0661. The molecule has 0 N–H and O–H groups in total. The Morgan fingerprint density at radius 2 is 1.93 bits per heavy atom. The maximum Gasteiger partial charge on any atom is 0.416 e. The van der Waals surface area contributed by atoms with Gasteiger partial charge in [-0.1, -0.05) is 12.1 Å². The molecule has 3 rings (SSSR count). The molecule has 0 bridgehead atoms. The Kier molecular flexibility index (Phi) is 5.34. The summed E-state index contributed by atoms with van der Waals surface area (Å²) < 4.78 is 43.7. The number of benzene rings is 1. The lowest BCUT2D eigenvalue weighted by Crippen LogP contribution is -2.32. The van der Waals surface area contributed by atoms with E-state index in [2.05, 4.69) is 9.97 Å². The average molecular weight is 379 g/mol. The summed E-state index contributed by atoms with van der Waals surface area (Å²) in [6, 6.07) is 6.44. The minimum Gasteiger partial charge on any atom is -0.472 e. The van der Waals surface area contributed by atoms with Crippen molar-refractivity contribution in [3.63, 3.8) is 0 Å². The largest absolute Gasteiger partial charge is 0.472 e. The first-order valence-electron chi connectivity index (χ1n) is 8.63. The van der Waals surface area contributed by atoms with Crippen LogP contribution in [0.1, 0.15) is 29.1 Å². The maximum absolute atomic E-state index is 12.6. The van der Waals surface area contributed by atoms with Gasteiger partial charge in [0.25, 0.3) is 0 Å². The second kappa shape index (κ2) is 7.54. The van der Waals surface area contributed by atoms with E-state index in [0.29, 0.717) is 36.8 Å². The Hall–Kier alpha value is -2.64. The van der Waals surface area contributed by atoms with Crippen molar-refractivity contribution in [1.29, 1.82) is 0 Å². The lowest BCUT2D eigenvalue weighted by Gasteiger charge is -2.17. The highest BCUT2D eigenvalue weighted by Crippen LogP contribution is 2.29. The number of nitrogens with zero attached hydrogens (tertiary/aromatic N) is 3. The molecule has 1 aromatic heterocycles. The quantitative estimate of drug-likeness (QED) is 0.818. The van der Waals surface area contributed by atoms with E-state index >= 15 is 0 Å². The highest BCUT2D eigenvalue weighted by atomic mass is 19.4. The van der Waals surface area contributed by atoms with E-state index in [9.17, 15) is 18.0 Å². The summed E-state index contributed by atoms with van der Waals surface area (Å²) in [5, 5.41) is 0. The molecule has 1 saturated heterocycles. The summed E-state index contributed by atoms with van der Waals surface area (Å²) in [5.41, 5.74) is 0.647. The highest BCUT2D eigenvalue weighted by Gasteiger charge is 2.31. The van der Waals surface area contributed by atoms with Crippen LogP contribution in [0.3, 0.4) is 0 Å². The van der Waals surface area contributed by atoms with Gasteiger partial charge in [-0.15, -0.1) is 0 Å². The fourth-order valence-electron chi connectivity index (χ4n) is 3.06. The van der Waals surface area contributed by atoms with Crippen LogP contribution in [0.2, 0.25) is 0 Å². The SMILES string of the molecule is Cc1cc(OC2CCN(C(=O)Cc3ccc(C(F)(F)F)cc3)C2)nc(C)n1. The van der Waals surface area contributed by atoms with Crippen LogP contribution in [-0.4, -0.2) is 40.0 Å². The predicted octanol–water partition coefficient (Wildman–Crippen LogP) is 3.33. The van der Waals surface area contributed by atoms with Gasteiger partial charge in [0.2, 0.25) is 11.8 Å². The van der Waals surface area contributed by atoms with Crippen molar-refractivity contribution in [2.24, 2.45) is 0 Å². The van der Waals surface area contributed by atoms with Crippen molar-refractivity contribution in [3.8, 4) is 5.88 Å². The number of alkyl halides is 3. The second-order valence-corrected chi connectivity index (χ2v) is 6.63. The maximum atomic E-state index is 12.6. The predicted molar refractivity (Wildman–Crippen MR) is 92.3 cm³/mol.